The van der Waals surface area contributed by atoms with Crippen molar-refractivity contribution in [3.8, 4) is 0 Å². The first-order chi connectivity index (χ1) is 7.99. The maximum absolute atomic E-state index is 11.8. The second-order valence-electron chi connectivity index (χ2n) is 4.15. The van der Waals surface area contributed by atoms with E-state index >= 15 is 0 Å². The summed E-state index contributed by atoms with van der Waals surface area (Å²) in [5.74, 6) is -0.715. The van der Waals surface area contributed by atoms with Crippen LogP contribution in [0.3, 0.4) is 0 Å². The van der Waals surface area contributed by atoms with E-state index in [1.165, 1.54) is 11.8 Å². The summed E-state index contributed by atoms with van der Waals surface area (Å²) in [5.41, 5.74) is 5.76. The van der Waals surface area contributed by atoms with Crippen molar-refractivity contribution in [2.75, 3.05) is 0 Å². The lowest BCUT2D eigenvalue weighted by Gasteiger charge is -2.07. The topological polar surface area (TPSA) is 74.3 Å². The van der Waals surface area contributed by atoms with Gasteiger partial charge in [-0.1, -0.05) is 11.8 Å². The van der Waals surface area contributed by atoms with Crippen LogP contribution in [0, 0.1) is 0 Å². The Balaban J connectivity index is 2.19. The van der Waals surface area contributed by atoms with E-state index in [9.17, 15) is 9.59 Å². The minimum absolute atomic E-state index is 0.156. The fraction of sp³-hybridized carbons (Fsp3) is 0.455. The van der Waals surface area contributed by atoms with Gasteiger partial charge in [0.2, 0.25) is 5.91 Å². The van der Waals surface area contributed by atoms with Crippen LogP contribution in [0.15, 0.2) is 17.3 Å². The SMILES string of the molecule is CC(C)OC(=O)c1ccn2c1SC(C(N)=O)C2. The third-order valence-electron chi connectivity index (χ3n) is 2.41. The van der Waals surface area contributed by atoms with Crippen molar-refractivity contribution in [1.82, 2.24) is 4.57 Å². The highest BCUT2D eigenvalue weighted by molar-refractivity contribution is 8.00. The van der Waals surface area contributed by atoms with Crippen LogP contribution in [-0.2, 0) is 16.1 Å². The molecular weight excluding hydrogens is 240 g/mol. The Labute approximate surface area is 103 Å². The molecule has 1 aliphatic rings. The van der Waals surface area contributed by atoms with Crippen LogP contribution in [0.5, 0.6) is 0 Å². The average molecular weight is 254 g/mol. The molecule has 17 heavy (non-hydrogen) atoms. The summed E-state index contributed by atoms with van der Waals surface area (Å²) in [5, 5.41) is 0.469. The number of nitrogens with zero attached hydrogens (tertiary/aromatic N) is 1. The van der Waals surface area contributed by atoms with Gasteiger partial charge in [-0.2, -0.15) is 0 Å². The molecule has 2 heterocycles. The van der Waals surface area contributed by atoms with Crippen molar-refractivity contribution < 1.29 is 14.3 Å². The maximum Gasteiger partial charge on any atom is 0.341 e. The van der Waals surface area contributed by atoms with Gasteiger partial charge in [-0.15, -0.1) is 0 Å². The number of thioether (sulfide) groups is 1. The molecule has 1 aromatic heterocycles. The van der Waals surface area contributed by atoms with Crippen LogP contribution in [0.25, 0.3) is 0 Å². The van der Waals surface area contributed by atoms with Crippen molar-refractivity contribution in [2.45, 2.75) is 36.8 Å². The van der Waals surface area contributed by atoms with Gasteiger partial charge in [0, 0.05) is 12.7 Å². The highest BCUT2D eigenvalue weighted by Crippen LogP contribution is 2.35. The Morgan fingerprint density at radius 2 is 2.29 bits per heavy atom. The van der Waals surface area contributed by atoms with E-state index in [-0.39, 0.29) is 23.2 Å². The number of fused-ring (bicyclic) bond motifs is 1. The fourth-order valence-corrected chi connectivity index (χ4v) is 2.83. The zero-order valence-electron chi connectivity index (χ0n) is 9.67. The number of primary amides is 1. The van der Waals surface area contributed by atoms with Gasteiger partial charge in [-0.3, -0.25) is 4.79 Å². The van der Waals surface area contributed by atoms with Crippen molar-refractivity contribution in [1.29, 1.82) is 0 Å². The molecule has 0 spiro atoms. The first-order valence-electron chi connectivity index (χ1n) is 5.35. The molecule has 1 atom stereocenters. The third kappa shape index (κ3) is 2.31. The highest BCUT2D eigenvalue weighted by atomic mass is 32.2. The zero-order valence-corrected chi connectivity index (χ0v) is 10.5. The van der Waals surface area contributed by atoms with Crippen LogP contribution in [-0.4, -0.2) is 27.8 Å². The normalized spacial score (nSPS) is 18.2. The summed E-state index contributed by atoms with van der Waals surface area (Å²) in [6, 6.07) is 1.71. The lowest BCUT2D eigenvalue weighted by atomic mass is 10.3. The van der Waals surface area contributed by atoms with Crippen LogP contribution in [0.2, 0.25) is 0 Å². The molecule has 92 valence electrons. The van der Waals surface area contributed by atoms with Gasteiger partial charge < -0.3 is 15.0 Å². The second kappa shape index (κ2) is 4.44. The molecule has 0 bridgehead atoms. The van der Waals surface area contributed by atoms with Crippen molar-refractivity contribution >= 4 is 23.6 Å². The Hall–Kier alpha value is -1.43. The number of hydrogen-bond acceptors (Lipinski definition) is 4. The van der Waals surface area contributed by atoms with Gasteiger partial charge in [0.1, 0.15) is 5.25 Å². The van der Waals surface area contributed by atoms with E-state index in [2.05, 4.69) is 0 Å². The molecule has 0 saturated heterocycles. The number of carbonyl (C=O) groups excluding carboxylic acids is 2. The lowest BCUT2D eigenvalue weighted by Crippen LogP contribution is -2.26. The quantitative estimate of drug-likeness (QED) is 0.817. The molecule has 2 N–H and O–H groups in total. The van der Waals surface area contributed by atoms with Crippen molar-refractivity contribution in [3.05, 3.63) is 17.8 Å². The maximum atomic E-state index is 11.8. The second-order valence-corrected chi connectivity index (χ2v) is 5.34. The largest absolute Gasteiger partial charge is 0.459 e. The molecule has 1 aromatic rings. The van der Waals surface area contributed by atoms with Crippen molar-refractivity contribution in [3.63, 3.8) is 0 Å². The minimum Gasteiger partial charge on any atom is -0.459 e. The summed E-state index contributed by atoms with van der Waals surface area (Å²) >= 11 is 1.32. The van der Waals surface area contributed by atoms with Crippen LogP contribution < -0.4 is 5.73 Å². The fourth-order valence-electron chi connectivity index (χ4n) is 1.66. The molecule has 0 aliphatic carbocycles. The molecule has 0 radical (unpaired) electrons. The number of aromatic nitrogens is 1. The summed E-state index contributed by atoms with van der Waals surface area (Å²) in [7, 11) is 0. The first kappa shape index (κ1) is 12.0. The molecule has 1 aliphatic heterocycles. The van der Waals surface area contributed by atoms with Gasteiger partial charge in [0.15, 0.2) is 0 Å². The summed E-state index contributed by atoms with van der Waals surface area (Å²) in [6.07, 6.45) is 1.62. The summed E-state index contributed by atoms with van der Waals surface area (Å²) < 4.78 is 6.99. The monoisotopic (exact) mass is 254 g/mol. The third-order valence-corrected chi connectivity index (χ3v) is 3.75. The number of hydrogen-bond donors (Lipinski definition) is 1. The number of nitrogens with two attached hydrogens (primary N) is 1. The molecule has 0 fully saturated rings. The number of esters is 1. The molecular formula is C11H14N2O3S. The van der Waals surface area contributed by atoms with Gasteiger partial charge in [0.05, 0.1) is 16.7 Å². The minimum atomic E-state index is -0.359. The highest BCUT2D eigenvalue weighted by Gasteiger charge is 2.31. The molecule has 1 unspecified atom stereocenters. The van der Waals surface area contributed by atoms with Crippen LogP contribution >= 0.6 is 11.8 Å². The number of rotatable bonds is 3. The summed E-state index contributed by atoms with van der Waals surface area (Å²) in [6.45, 7) is 4.12. The standard InChI is InChI=1S/C11H14N2O3S/c1-6(2)16-11(15)7-3-4-13-5-8(9(12)14)17-10(7)13/h3-4,6,8H,5H2,1-2H3,(H2,12,14). The molecule has 0 saturated carbocycles. The molecule has 2 rings (SSSR count). The van der Waals surface area contributed by atoms with Gasteiger partial charge in [-0.25, -0.2) is 4.79 Å². The predicted octanol–water partition coefficient (Wildman–Crippen LogP) is 1.01. The van der Waals surface area contributed by atoms with Gasteiger partial charge in [-0.05, 0) is 19.9 Å². The van der Waals surface area contributed by atoms with E-state index in [1.54, 1.807) is 26.1 Å². The average Bonchev–Trinajstić information content (AvgIpc) is 2.73. The van der Waals surface area contributed by atoms with E-state index in [0.717, 1.165) is 5.03 Å². The Morgan fingerprint density at radius 3 is 2.88 bits per heavy atom. The van der Waals surface area contributed by atoms with E-state index in [0.29, 0.717) is 12.1 Å². The van der Waals surface area contributed by atoms with E-state index in [1.807, 2.05) is 4.57 Å². The van der Waals surface area contributed by atoms with Gasteiger partial charge in [0.25, 0.3) is 0 Å². The van der Waals surface area contributed by atoms with Crippen LogP contribution in [0.4, 0.5) is 0 Å². The number of ether oxygens (including phenoxy) is 1. The summed E-state index contributed by atoms with van der Waals surface area (Å²) in [4.78, 5) is 22.9. The van der Waals surface area contributed by atoms with E-state index in [4.69, 9.17) is 10.5 Å². The Kier molecular flexibility index (Phi) is 3.15. The number of carbonyl (C=O) groups is 2. The van der Waals surface area contributed by atoms with Gasteiger partial charge >= 0.3 is 5.97 Å². The molecule has 1 amide bonds. The Morgan fingerprint density at radius 1 is 1.59 bits per heavy atom. The first-order valence-corrected chi connectivity index (χ1v) is 6.23. The Bertz CT molecular complexity index is 467. The number of amides is 1. The van der Waals surface area contributed by atoms with Crippen LogP contribution in [0.1, 0.15) is 24.2 Å². The molecule has 0 aromatic carbocycles. The lowest BCUT2D eigenvalue weighted by molar-refractivity contribution is -0.117. The zero-order chi connectivity index (χ0) is 12.6. The van der Waals surface area contributed by atoms with E-state index < -0.39 is 0 Å². The smallest absolute Gasteiger partial charge is 0.341 e. The predicted molar refractivity (Wildman–Crippen MR) is 63.8 cm³/mol. The van der Waals surface area contributed by atoms with Crippen molar-refractivity contribution in [2.24, 2.45) is 5.73 Å². The molecule has 6 heteroatoms. The molecule has 5 nitrogen and oxygen atoms in total.